The molecule has 2 N–H and O–H groups in total. The van der Waals surface area contributed by atoms with Crippen molar-refractivity contribution >= 4 is 43.8 Å². The third kappa shape index (κ3) is 1.32. The quantitative estimate of drug-likeness (QED) is 0.724. The summed E-state index contributed by atoms with van der Waals surface area (Å²) in [5.74, 6) is -0.916. The molecule has 5 heteroatoms. The fourth-order valence-corrected chi connectivity index (χ4v) is 2.68. The number of carboxylic acid groups (broad SMARTS) is 1. The normalized spacial score (nSPS) is 11.4. The van der Waals surface area contributed by atoms with Crippen molar-refractivity contribution in [3.63, 3.8) is 0 Å². The van der Waals surface area contributed by atoms with E-state index in [1.54, 1.807) is 17.7 Å². The highest BCUT2D eigenvalue weighted by atomic mass is 79.9. The summed E-state index contributed by atoms with van der Waals surface area (Å²) in [5, 5.41) is 10.1. The number of benzene rings is 1. The number of aromatic nitrogens is 2. The largest absolute Gasteiger partial charge is 0.477 e. The Bertz CT molecular complexity index is 755. The first-order valence-electron chi connectivity index (χ1n) is 5.08. The van der Waals surface area contributed by atoms with Crippen LogP contribution < -0.4 is 0 Å². The Kier molecular flexibility index (Phi) is 2.06. The molecule has 3 rings (SSSR count). The number of para-hydroxylation sites is 1. The number of rotatable bonds is 1. The minimum atomic E-state index is -0.916. The lowest BCUT2D eigenvalue weighted by Crippen LogP contribution is -2.03. The Morgan fingerprint density at radius 1 is 1.47 bits per heavy atom. The number of hydrogen-bond donors (Lipinski definition) is 2. The smallest absolute Gasteiger partial charge is 0.352 e. The molecule has 0 aliphatic heterocycles. The Balaban J connectivity index is 2.50. The van der Waals surface area contributed by atoms with Gasteiger partial charge in [0, 0.05) is 16.9 Å². The van der Waals surface area contributed by atoms with Crippen LogP contribution in [0.3, 0.4) is 0 Å². The van der Waals surface area contributed by atoms with Crippen molar-refractivity contribution in [2.75, 3.05) is 0 Å². The molecule has 86 valence electrons. The Labute approximate surface area is 105 Å². The van der Waals surface area contributed by atoms with Gasteiger partial charge in [-0.25, -0.2) is 4.79 Å². The highest BCUT2D eigenvalue weighted by Crippen LogP contribution is 2.31. The number of aryl methyl sites for hydroxylation is 1. The van der Waals surface area contributed by atoms with Gasteiger partial charge in [-0.15, -0.1) is 0 Å². The number of fused-ring (bicyclic) bond motifs is 3. The summed E-state index contributed by atoms with van der Waals surface area (Å²) in [5.41, 5.74) is 3.03. The van der Waals surface area contributed by atoms with E-state index in [2.05, 4.69) is 20.9 Å². The average molecular weight is 293 g/mol. The van der Waals surface area contributed by atoms with Crippen LogP contribution in [-0.2, 0) is 7.05 Å². The zero-order chi connectivity index (χ0) is 12.2. The molecule has 0 unspecified atom stereocenters. The first-order valence-corrected chi connectivity index (χ1v) is 5.88. The molecule has 2 aromatic heterocycles. The second kappa shape index (κ2) is 3.37. The number of aromatic amines is 1. The van der Waals surface area contributed by atoms with Gasteiger partial charge in [-0.3, -0.25) is 0 Å². The van der Waals surface area contributed by atoms with E-state index < -0.39 is 5.97 Å². The average Bonchev–Trinajstić information content (AvgIpc) is 2.78. The van der Waals surface area contributed by atoms with Crippen molar-refractivity contribution in [1.82, 2.24) is 9.55 Å². The zero-order valence-corrected chi connectivity index (χ0v) is 10.6. The summed E-state index contributed by atoms with van der Waals surface area (Å²) in [6, 6.07) is 7.53. The molecule has 0 spiro atoms. The second-order valence-electron chi connectivity index (χ2n) is 3.94. The minimum Gasteiger partial charge on any atom is -0.477 e. The maximum Gasteiger partial charge on any atom is 0.352 e. The number of carboxylic acids is 1. The van der Waals surface area contributed by atoms with E-state index in [0.717, 1.165) is 26.4 Å². The van der Waals surface area contributed by atoms with Crippen LogP contribution >= 0.6 is 15.9 Å². The fraction of sp³-hybridized carbons (Fsp3) is 0.0833. The van der Waals surface area contributed by atoms with E-state index >= 15 is 0 Å². The van der Waals surface area contributed by atoms with E-state index in [1.807, 2.05) is 18.2 Å². The number of nitrogens with one attached hydrogen (secondary N) is 1. The van der Waals surface area contributed by atoms with E-state index in [4.69, 9.17) is 5.11 Å². The van der Waals surface area contributed by atoms with Crippen LogP contribution in [0, 0.1) is 0 Å². The first-order chi connectivity index (χ1) is 8.09. The van der Waals surface area contributed by atoms with Gasteiger partial charge in [-0.2, -0.15) is 0 Å². The summed E-state index contributed by atoms with van der Waals surface area (Å²) >= 11 is 3.47. The van der Waals surface area contributed by atoms with E-state index in [-0.39, 0.29) is 5.69 Å². The molecule has 0 amide bonds. The molecule has 0 saturated heterocycles. The zero-order valence-electron chi connectivity index (χ0n) is 8.99. The van der Waals surface area contributed by atoms with Crippen molar-refractivity contribution < 1.29 is 9.90 Å². The Morgan fingerprint density at radius 2 is 2.24 bits per heavy atom. The van der Waals surface area contributed by atoms with Gasteiger partial charge in [-0.1, -0.05) is 12.1 Å². The third-order valence-electron chi connectivity index (χ3n) is 2.98. The van der Waals surface area contributed by atoms with Crippen molar-refractivity contribution in [3.05, 3.63) is 34.4 Å². The molecule has 4 nitrogen and oxygen atoms in total. The van der Waals surface area contributed by atoms with Gasteiger partial charge in [0.15, 0.2) is 0 Å². The fourth-order valence-electron chi connectivity index (χ4n) is 2.21. The minimum absolute atomic E-state index is 0.285. The molecule has 0 radical (unpaired) electrons. The highest BCUT2D eigenvalue weighted by Gasteiger charge is 2.16. The van der Waals surface area contributed by atoms with E-state index in [1.165, 1.54) is 0 Å². The highest BCUT2D eigenvalue weighted by molar-refractivity contribution is 9.10. The van der Waals surface area contributed by atoms with Crippen LogP contribution in [0.1, 0.15) is 10.5 Å². The molecule has 3 aromatic rings. The van der Waals surface area contributed by atoms with Gasteiger partial charge in [0.05, 0.1) is 16.6 Å². The molecular formula is C12H9BrN2O2. The Morgan fingerprint density at radius 3 is 2.94 bits per heavy atom. The standard InChI is InChI=1S/C12H9BrN2O2/c1-15-9(12(16)17)5-8-11(15)6-3-2-4-7(13)10(6)14-8/h2-5,14H,1H3,(H,16,17). The number of carbonyl (C=O) groups is 1. The SMILES string of the molecule is Cn1c(C(=O)O)cc2[nH]c3c(Br)cccc3c21. The van der Waals surface area contributed by atoms with Crippen LogP contribution in [0.25, 0.3) is 21.9 Å². The number of H-pyrrole nitrogens is 1. The van der Waals surface area contributed by atoms with Gasteiger partial charge in [-0.05, 0) is 28.1 Å². The number of aromatic carboxylic acids is 1. The van der Waals surface area contributed by atoms with Crippen molar-refractivity contribution in [2.45, 2.75) is 0 Å². The third-order valence-corrected chi connectivity index (χ3v) is 3.64. The topological polar surface area (TPSA) is 58.0 Å². The molecular weight excluding hydrogens is 284 g/mol. The van der Waals surface area contributed by atoms with Gasteiger partial charge in [0.1, 0.15) is 5.69 Å². The summed E-state index contributed by atoms with van der Waals surface area (Å²) < 4.78 is 2.67. The van der Waals surface area contributed by atoms with Crippen LogP contribution in [0.4, 0.5) is 0 Å². The van der Waals surface area contributed by atoms with Crippen LogP contribution in [0.2, 0.25) is 0 Å². The first kappa shape index (κ1) is 10.4. The molecule has 1 aromatic carbocycles. The lowest BCUT2D eigenvalue weighted by molar-refractivity contribution is 0.0687. The predicted octanol–water partition coefficient (Wildman–Crippen LogP) is 3.12. The van der Waals surface area contributed by atoms with Gasteiger partial charge in [0.2, 0.25) is 0 Å². The number of halogens is 1. The summed E-state index contributed by atoms with van der Waals surface area (Å²) in [7, 11) is 1.76. The molecule has 2 heterocycles. The number of hydrogen-bond acceptors (Lipinski definition) is 1. The summed E-state index contributed by atoms with van der Waals surface area (Å²) in [6.07, 6.45) is 0. The number of nitrogens with zero attached hydrogens (tertiary/aromatic N) is 1. The van der Waals surface area contributed by atoms with Crippen molar-refractivity contribution in [2.24, 2.45) is 7.05 Å². The molecule has 17 heavy (non-hydrogen) atoms. The maximum absolute atomic E-state index is 11.0. The second-order valence-corrected chi connectivity index (χ2v) is 4.80. The van der Waals surface area contributed by atoms with E-state index in [9.17, 15) is 4.79 Å². The molecule has 0 bridgehead atoms. The van der Waals surface area contributed by atoms with Crippen molar-refractivity contribution in [1.29, 1.82) is 0 Å². The summed E-state index contributed by atoms with van der Waals surface area (Å²) in [6.45, 7) is 0. The molecule has 0 atom stereocenters. The van der Waals surface area contributed by atoms with Gasteiger partial charge < -0.3 is 14.7 Å². The molecule has 0 saturated carbocycles. The molecule has 0 aliphatic rings. The van der Waals surface area contributed by atoms with Crippen molar-refractivity contribution in [3.8, 4) is 0 Å². The lowest BCUT2D eigenvalue weighted by Gasteiger charge is -1.99. The van der Waals surface area contributed by atoms with Crippen LogP contribution in [-0.4, -0.2) is 20.6 Å². The van der Waals surface area contributed by atoms with Crippen LogP contribution in [0.5, 0.6) is 0 Å². The van der Waals surface area contributed by atoms with Gasteiger partial charge in [0.25, 0.3) is 0 Å². The van der Waals surface area contributed by atoms with E-state index in [0.29, 0.717) is 0 Å². The Hall–Kier alpha value is -1.75. The van der Waals surface area contributed by atoms with Crippen LogP contribution in [0.15, 0.2) is 28.7 Å². The predicted molar refractivity (Wildman–Crippen MR) is 69.4 cm³/mol. The lowest BCUT2D eigenvalue weighted by atomic mass is 10.2. The van der Waals surface area contributed by atoms with Gasteiger partial charge >= 0.3 is 5.97 Å². The molecule has 0 aliphatic carbocycles. The molecule has 0 fully saturated rings. The maximum atomic E-state index is 11.0. The summed E-state index contributed by atoms with van der Waals surface area (Å²) in [4.78, 5) is 14.3. The monoisotopic (exact) mass is 292 g/mol.